The monoisotopic (exact) mass is 827 g/mol. The molecule has 58 heavy (non-hydrogen) atoms. The van der Waals surface area contributed by atoms with Crippen molar-refractivity contribution in [3.8, 4) is 18.1 Å². The van der Waals surface area contributed by atoms with E-state index in [9.17, 15) is 56.9 Å². The van der Waals surface area contributed by atoms with E-state index in [-0.39, 0.29) is 56.3 Å². The number of aliphatic imine (C=N–C) groups is 1. The summed E-state index contributed by atoms with van der Waals surface area (Å²) in [6.45, 7) is -0.242. The SMILES string of the molecule is C#CCCCC(=O)NCCCC[C@@H]1NC(=O)[C@@H](Cc2ccc(O)cc2)NC(=O)[C@H](CC(=O)O)NC(=O)CNC(=O)[C@H](CCCN=C(N)N)NC1=O.O=C(O)C(F)(F)F. The highest BCUT2D eigenvalue weighted by molar-refractivity contribution is 5.98. The van der Waals surface area contributed by atoms with Crippen molar-refractivity contribution < 1.29 is 66.8 Å². The number of carboxylic acids is 2. The van der Waals surface area contributed by atoms with Gasteiger partial charge < -0.3 is 58.7 Å². The number of unbranched alkanes of at least 4 members (excludes halogenated alkanes) is 2. The van der Waals surface area contributed by atoms with Crippen molar-refractivity contribution in [2.75, 3.05) is 19.6 Å². The maximum atomic E-state index is 13.8. The Labute approximate surface area is 330 Å². The van der Waals surface area contributed by atoms with E-state index in [2.05, 4.69) is 42.8 Å². The first-order valence-electron chi connectivity index (χ1n) is 17.8. The third-order valence-corrected chi connectivity index (χ3v) is 7.88. The molecule has 320 valence electrons. The average molecular weight is 828 g/mol. The number of terminal acetylenes is 1. The number of carboxylic acid groups (broad SMARTS) is 2. The number of hydrogen-bond donors (Lipinski definition) is 11. The van der Waals surface area contributed by atoms with Gasteiger partial charge in [-0.25, -0.2) is 4.79 Å². The van der Waals surface area contributed by atoms with Gasteiger partial charge in [-0.3, -0.25) is 38.6 Å². The second-order valence-electron chi connectivity index (χ2n) is 12.6. The maximum Gasteiger partial charge on any atom is 0.490 e. The van der Waals surface area contributed by atoms with Gasteiger partial charge in [0, 0.05) is 32.4 Å². The summed E-state index contributed by atoms with van der Waals surface area (Å²) < 4.78 is 31.7. The van der Waals surface area contributed by atoms with Gasteiger partial charge in [0.2, 0.25) is 35.4 Å². The van der Waals surface area contributed by atoms with E-state index in [4.69, 9.17) is 27.8 Å². The second-order valence-corrected chi connectivity index (χ2v) is 12.6. The van der Waals surface area contributed by atoms with Gasteiger partial charge in [0.1, 0.15) is 29.9 Å². The van der Waals surface area contributed by atoms with Crippen LogP contribution in [-0.2, 0) is 44.8 Å². The van der Waals surface area contributed by atoms with E-state index in [1.807, 2.05) is 0 Å². The van der Waals surface area contributed by atoms with Crippen LogP contribution in [0.2, 0.25) is 0 Å². The van der Waals surface area contributed by atoms with Crippen molar-refractivity contribution in [3.05, 3.63) is 29.8 Å². The number of carbonyl (C=O) groups is 8. The molecule has 1 fully saturated rings. The lowest BCUT2D eigenvalue weighted by atomic mass is 10.0. The Balaban J connectivity index is 0.00000219. The normalized spacial score (nSPS) is 19.0. The summed E-state index contributed by atoms with van der Waals surface area (Å²) in [5, 5.41) is 41.4. The Morgan fingerprint density at radius 1 is 0.828 bits per heavy atom. The quantitative estimate of drug-likeness (QED) is 0.0382. The average Bonchev–Trinajstić information content (AvgIpc) is 3.14. The second kappa shape index (κ2) is 25.5. The van der Waals surface area contributed by atoms with Gasteiger partial charge in [-0.15, -0.1) is 12.3 Å². The lowest BCUT2D eigenvalue weighted by molar-refractivity contribution is -0.192. The number of amides is 6. The number of hydrogen-bond acceptors (Lipinski definition) is 10. The predicted octanol–water partition coefficient (Wildman–Crippen LogP) is -1.74. The Bertz CT molecular complexity index is 1660. The first-order chi connectivity index (χ1) is 27.2. The molecule has 1 aliphatic rings. The number of nitrogens with one attached hydrogen (secondary N) is 6. The number of guanidine groups is 1. The third kappa shape index (κ3) is 20.9. The zero-order chi connectivity index (χ0) is 43.8. The standard InChI is InChI=1S/C33H47N9O9.C2HF3O2/c1-2-3-4-10-26(44)36-15-6-5-8-23-30(49)40-22(9-7-16-37-33(34)35)29(48)38-19-27(45)39-25(18-28(46)47)32(51)42-24(31(50)41-23)17-20-11-13-21(43)14-12-20;3-2(4,5)1(6)7/h1,11-14,22-25,43H,3-10,15-19H2,(H,36,44)(H,38,48)(H,39,45)(H,40,49)(H,41,50)(H,42,51)(H,46,47)(H4,34,35,37);(H,6,7)/t22-,23-,24+,25-;/m0./s1. The van der Waals surface area contributed by atoms with Gasteiger partial charge in [-0.1, -0.05) is 12.1 Å². The molecule has 0 radical (unpaired) electrons. The number of benzene rings is 1. The minimum atomic E-state index is -5.08. The zero-order valence-electron chi connectivity index (χ0n) is 31.2. The van der Waals surface area contributed by atoms with Crippen molar-refractivity contribution in [3.63, 3.8) is 0 Å². The van der Waals surface area contributed by atoms with Crippen molar-refractivity contribution >= 4 is 53.3 Å². The summed E-state index contributed by atoms with van der Waals surface area (Å²) in [6.07, 6.45) is 1.56. The Morgan fingerprint density at radius 3 is 1.95 bits per heavy atom. The molecule has 4 atom stereocenters. The summed E-state index contributed by atoms with van der Waals surface area (Å²) in [5.41, 5.74) is 11.3. The molecule has 1 aromatic rings. The van der Waals surface area contributed by atoms with Crippen LogP contribution in [0, 0.1) is 12.3 Å². The summed E-state index contributed by atoms with van der Waals surface area (Å²) in [5.74, 6) is -6.32. The van der Waals surface area contributed by atoms with Gasteiger partial charge in [0.25, 0.3) is 0 Å². The van der Waals surface area contributed by atoms with Crippen LogP contribution in [0.1, 0.15) is 63.4 Å². The number of phenols is 1. The fraction of sp³-hybridized carbons (Fsp3) is 0.514. The molecular weight excluding hydrogens is 779 g/mol. The van der Waals surface area contributed by atoms with E-state index in [1.165, 1.54) is 24.3 Å². The fourth-order valence-electron chi connectivity index (χ4n) is 5.00. The van der Waals surface area contributed by atoms with E-state index < -0.39 is 84.8 Å². The third-order valence-electron chi connectivity index (χ3n) is 7.88. The van der Waals surface area contributed by atoms with Crippen LogP contribution >= 0.6 is 0 Å². The molecule has 0 spiro atoms. The van der Waals surface area contributed by atoms with E-state index in [0.29, 0.717) is 37.8 Å². The molecule has 0 bridgehead atoms. The van der Waals surface area contributed by atoms with Crippen LogP contribution < -0.4 is 43.4 Å². The molecule has 0 unspecified atom stereocenters. The maximum absolute atomic E-state index is 13.8. The van der Waals surface area contributed by atoms with Gasteiger partial charge in [0.15, 0.2) is 5.96 Å². The van der Waals surface area contributed by atoms with Crippen LogP contribution in [-0.4, -0.2) is 119 Å². The molecule has 1 aliphatic heterocycles. The van der Waals surface area contributed by atoms with Crippen LogP contribution in [0.4, 0.5) is 13.2 Å². The van der Waals surface area contributed by atoms with Crippen molar-refractivity contribution in [1.29, 1.82) is 0 Å². The smallest absolute Gasteiger partial charge is 0.490 e. The number of alkyl halides is 3. The number of rotatable bonds is 16. The first-order valence-corrected chi connectivity index (χ1v) is 17.8. The van der Waals surface area contributed by atoms with E-state index in [0.717, 1.165) is 0 Å². The first kappa shape index (κ1) is 49.4. The van der Waals surface area contributed by atoms with Crippen molar-refractivity contribution in [1.82, 2.24) is 31.9 Å². The summed E-state index contributed by atoms with van der Waals surface area (Å²) in [6, 6.07) is 0.344. The zero-order valence-corrected chi connectivity index (χ0v) is 31.2. The number of aliphatic carboxylic acids is 2. The molecule has 0 aromatic heterocycles. The lowest BCUT2D eigenvalue weighted by Gasteiger charge is -2.26. The van der Waals surface area contributed by atoms with Crippen molar-refractivity contribution in [2.45, 2.75) is 94.6 Å². The summed E-state index contributed by atoms with van der Waals surface area (Å²) in [4.78, 5) is 103. The number of nitrogens with zero attached hydrogens (tertiary/aromatic N) is 1. The highest BCUT2D eigenvalue weighted by Crippen LogP contribution is 2.14. The minimum Gasteiger partial charge on any atom is -0.508 e. The lowest BCUT2D eigenvalue weighted by Crippen LogP contribution is -2.58. The molecule has 13 N–H and O–H groups in total. The van der Waals surface area contributed by atoms with Gasteiger partial charge in [0.05, 0.1) is 13.0 Å². The van der Waals surface area contributed by atoms with Gasteiger partial charge >= 0.3 is 18.1 Å². The fourth-order valence-corrected chi connectivity index (χ4v) is 5.00. The molecule has 2 rings (SSSR count). The Hall–Kier alpha value is -6.60. The number of nitrogens with two attached hydrogens (primary N) is 2. The highest BCUT2D eigenvalue weighted by atomic mass is 19.4. The number of aromatic hydroxyl groups is 1. The largest absolute Gasteiger partial charge is 0.508 e. The Morgan fingerprint density at radius 2 is 1.38 bits per heavy atom. The molecule has 20 nitrogen and oxygen atoms in total. The molecule has 0 saturated carbocycles. The Kier molecular flexibility index (Phi) is 21.8. The molecular formula is C35H48F3N9O11. The van der Waals surface area contributed by atoms with Crippen LogP contribution in [0.15, 0.2) is 29.3 Å². The number of phenolic OH excluding ortho intramolecular Hbond substituents is 1. The predicted molar refractivity (Wildman–Crippen MR) is 198 cm³/mol. The van der Waals surface area contributed by atoms with E-state index in [1.54, 1.807) is 0 Å². The molecule has 23 heteroatoms. The molecule has 1 aromatic carbocycles. The molecule has 0 aliphatic carbocycles. The highest BCUT2D eigenvalue weighted by Gasteiger charge is 2.38. The van der Waals surface area contributed by atoms with Gasteiger partial charge in [-0.05, 0) is 56.2 Å². The number of halogens is 3. The molecule has 1 saturated heterocycles. The van der Waals surface area contributed by atoms with Crippen LogP contribution in [0.25, 0.3) is 0 Å². The topological polar surface area (TPSA) is 334 Å². The van der Waals surface area contributed by atoms with E-state index >= 15 is 0 Å². The van der Waals surface area contributed by atoms with Crippen molar-refractivity contribution in [2.24, 2.45) is 16.5 Å². The van der Waals surface area contributed by atoms with Crippen LogP contribution in [0.3, 0.4) is 0 Å². The molecule has 6 amide bonds. The number of carbonyl (C=O) groups excluding carboxylic acids is 6. The summed E-state index contributed by atoms with van der Waals surface area (Å²) in [7, 11) is 0. The van der Waals surface area contributed by atoms with Gasteiger partial charge in [-0.2, -0.15) is 13.2 Å². The molecule has 1 heterocycles. The summed E-state index contributed by atoms with van der Waals surface area (Å²) >= 11 is 0. The minimum absolute atomic E-state index is 0.0352. The van der Waals surface area contributed by atoms with Crippen LogP contribution in [0.5, 0.6) is 5.75 Å².